The van der Waals surface area contributed by atoms with E-state index in [1.807, 2.05) is 68.4 Å². The molecule has 25 heavy (non-hydrogen) atoms. The van der Waals surface area contributed by atoms with Crippen LogP contribution in [0.2, 0.25) is 0 Å². The molecule has 3 rings (SSSR count). The fraction of sp³-hybridized carbons (Fsp3) is 0.238. The lowest BCUT2D eigenvalue weighted by molar-refractivity contribution is 0.0982. The summed E-state index contributed by atoms with van der Waals surface area (Å²) in [4.78, 5) is 11.9. The van der Waals surface area contributed by atoms with Gasteiger partial charge in [-0.05, 0) is 37.6 Å². The van der Waals surface area contributed by atoms with Crippen molar-refractivity contribution in [2.24, 2.45) is 0 Å². The van der Waals surface area contributed by atoms with Gasteiger partial charge in [0.05, 0.1) is 0 Å². The molecule has 0 radical (unpaired) electrons. The van der Waals surface area contributed by atoms with Crippen LogP contribution < -0.4 is 5.32 Å². The normalized spacial score (nSPS) is 10.6. The van der Waals surface area contributed by atoms with E-state index in [4.69, 9.17) is 4.52 Å². The van der Waals surface area contributed by atoms with Gasteiger partial charge in [0, 0.05) is 35.3 Å². The van der Waals surface area contributed by atoms with Crippen LogP contribution in [-0.4, -0.2) is 10.9 Å². The number of anilines is 1. The van der Waals surface area contributed by atoms with E-state index >= 15 is 0 Å². The maximum atomic E-state index is 11.9. The molecule has 0 spiro atoms. The van der Waals surface area contributed by atoms with Crippen molar-refractivity contribution in [3.63, 3.8) is 0 Å². The number of ketones is 1. The first-order valence-electron chi connectivity index (χ1n) is 8.56. The molecular formula is C21H22N2O2. The summed E-state index contributed by atoms with van der Waals surface area (Å²) in [6.45, 7) is 4.55. The van der Waals surface area contributed by atoms with Crippen molar-refractivity contribution in [3.05, 3.63) is 71.5 Å². The van der Waals surface area contributed by atoms with Crippen molar-refractivity contribution in [1.82, 2.24) is 5.16 Å². The largest absolute Gasteiger partial charge is 0.381 e. The van der Waals surface area contributed by atoms with Gasteiger partial charge in [0.15, 0.2) is 5.78 Å². The highest BCUT2D eigenvalue weighted by molar-refractivity contribution is 5.96. The van der Waals surface area contributed by atoms with Crippen molar-refractivity contribution in [3.8, 4) is 11.3 Å². The van der Waals surface area contributed by atoms with Gasteiger partial charge in [-0.1, -0.05) is 42.4 Å². The molecule has 0 amide bonds. The number of hydrogen-bond acceptors (Lipinski definition) is 4. The molecule has 0 fully saturated rings. The van der Waals surface area contributed by atoms with E-state index in [1.165, 1.54) is 0 Å². The number of rotatable bonds is 7. The molecule has 4 heteroatoms. The van der Waals surface area contributed by atoms with Gasteiger partial charge in [0.1, 0.15) is 11.5 Å². The Morgan fingerprint density at radius 3 is 2.48 bits per heavy atom. The Kier molecular flexibility index (Phi) is 5.29. The quantitative estimate of drug-likeness (QED) is 0.600. The molecule has 0 bridgehead atoms. The van der Waals surface area contributed by atoms with Gasteiger partial charge in [0.2, 0.25) is 0 Å². The van der Waals surface area contributed by atoms with Crippen molar-refractivity contribution >= 4 is 11.5 Å². The average Bonchev–Trinajstić information content (AvgIpc) is 3.02. The molecule has 2 aromatic carbocycles. The highest BCUT2D eigenvalue weighted by atomic mass is 16.5. The second-order valence-electron chi connectivity index (χ2n) is 6.04. The maximum absolute atomic E-state index is 11.9. The van der Waals surface area contributed by atoms with Gasteiger partial charge in [0.25, 0.3) is 0 Å². The van der Waals surface area contributed by atoms with Gasteiger partial charge in [-0.25, -0.2) is 0 Å². The fourth-order valence-electron chi connectivity index (χ4n) is 2.76. The highest BCUT2D eigenvalue weighted by Gasteiger charge is 2.14. The van der Waals surface area contributed by atoms with Gasteiger partial charge in [-0.3, -0.25) is 4.79 Å². The maximum Gasteiger partial charge on any atom is 0.162 e. The van der Waals surface area contributed by atoms with Crippen molar-refractivity contribution < 1.29 is 9.32 Å². The number of benzene rings is 2. The lowest BCUT2D eigenvalue weighted by Gasteiger charge is -2.08. The van der Waals surface area contributed by atoms with Crippen molar-refractivity contribution in [2.45, 2.75) is 33.2 Å². The number of carbonyl (C=O) groups is 1. The van der Waals surface area contributed by atoms with Crippen LogP contribution in [-0.2, 0) is 6.54 Å². The average molecular weight is 334 g/mol. The Bertz CT molecular complexity index is 836. The fourth-order valence-corrected chi connectivity index (χ4v) is 2.76. The predicted octanol–water partition coefficient (Wildman–Crippen LogP) is 5.24. The minimum Gasteiger partial charge on any atom is -0.381 e. The standard InChI is InChI=1S/C21H22N2O2/c1-3-7-20(24)16-10-12-18(13-11-16)22-14-19-15(2)25-23-21(19)17-8-5-4-6-9-17/h4-6,8-13,22H,3,7,14H2,1-2H3. The van der Waals surface area contributed by atoms with Crippen LogP contribution in [0.15, 0.2) is 59.1 Å². The number of Topliss-reactive ketones (excluding diaryl/α,β-unsaturated/α-hetero) is 1. The van der Waals surface area contributed by atoms with E-state index in [2.05, 4.69) is 10.5 Å². The smallest absolute Gasteiger partial charge is 0.162 e. The van der Waals surface area contributed by atoms with E-state index in [0.29, 0.717) is 13.0 Å². The monoisotopic (exact) mass is 334 g/mol. The molecule has 128 valence electrons. The molecule has 0 aliphatic rings. The third kappa shape index (κ3) is 3.97. The van der Waals surface area contributed by atoms with E-state index < -0.39 is 0 Å². The molecule has 3 aromatic rings. The lowest BCUT2D eigenvalue weighted by atomic mass is 10.1. The minimum atomic E-state index is 0.190. The van der Waals surface area contributed by atoms with Crippen LogP contribution in [0.5, 0.6) is 0 Å². The predicted molar refractivity (Wildman–Crippen MR) is 99.7 cm³/mol. The molecule has 1 heterocycles. The number of aromatic nitrogens is 1. The van der Waals surface area contributed by atoms with Crippen LogP contribution in [0.1, 0.15) is 41.4 Å². The Labute approximate surface area is 147 Å². The molecule has 0 aliphatic carbocycles. The van der Waals surface area contributed by atoms with Crippen LogP contribution in [0.4, 0.5) is 5.69 Å². The van der Waals surface area contributed by atoms with E-state index in [0.717, 1.165) is 40.3 Å². The third-order valence-electron chi connectivity index (χ3n) is 4.19. The molecule has 0 saturated carbocycles. The topological polar surface area (TPSA) is 55.1 Å². The minimum absolute atomic E-state index is 0.190. The van der Waals surface area contributed by atoms with Crippen LogP contribution in [0.3, 0.4) is 0 Å². The zero-order chi connectivity index (χ0) is 17.6. The number of nitrogens with one attached hydrogen (secondary N) is 1. The summed E-state index contributed by atoms with van der Waals surface area (Å²) < 4.78 is 5.38. The zero-order valence-corrected chi connectivity index (χ0v) is 14.6. The third-order valence-corrected chi connectivity index (χ3v) is 4.19. The summed E-state index contributed by atoms with van der Waals surface area (Å²) in [5, 5.41) is 7.58. The van der Waals surface area contributed by atoms with Gasteiger partial charge >= 0.3 is 0 Å². The number of nitrogens with zero attached hydrogens (tertiary/aromatic N) is 1. The first-order chi connectivity index (χ1) is 12.2. The van der Waals surface area contributed by atoms with Crippen molar-refractivity contribution in [2.75, 3.05) is 5.32 Å². The van der Waals surface area contributed by atoms with Crippen LogP contribution in [0, 0.1) is 6.92 Å². The first kappa shape index (κ1) is 17.0. The van der Waals surface area contributed by atoms with Crippen LogP contribution >= 0.6 is 0 Å². The number of carbonyl (C=O) groups excluding carboxylic acids is 1. The number of aryl methyl sites for hydroxylation is 1. The molecule has 1 N–H and O–H groups in total. The Balaban J connectivity index is 1.72. The summed E-state index contributed by atoms with van der Waals surface area (Å²) in [5.74, 6) is 0.997. The molecule has 0 atom stereocenters. The van der Waals surface area contributed by atoms with E-state index in [9.17, 15) is 4.79 Å². The lowest BCUT2D eigenvalue weighted by Crippen LogP contribution is -2.02. The molecule has 0 saturated heterocycles. The van der Waals surface area contributed by atoms with Gasteiger partial charge in [-0.15, -0.1) is 0 Å². The Morgan fingerprint density at radius 2 is 1.80 bits per heavy atom. The van der Waals surface area contributed by atoms with Gasteiger partial charge in [-0.2, -0.15) is 0 Å². The molecular weight excluding hydrogens is 312 g/mol. The van der Waals surface area contributed by atoms with Crippen molar-refractivity contribution in [1.29, 1.82) is 0 Å². The summed E-state index contributed by atoms with van der Waals surface area (Å²) >= 11 is 0. The summed E-state index contributed by atoms with van der Waals surface area (Å²) in [5.41, 5.74) is 4.67. The van der Waals surface area contributed by atoms with E-state index in [-0.39, 0.29) is 5.78 Å². The summed E-state index contributed by atoms with van der Waals surface area (Å²) in [7, 11) is 0. The second-order valence-corrected chi connectivity index (χ2v) is 6.04. The molecule has 1 aromatic heterocycles. The van der Waals surface area contributed by atoms with Gasteiger partial charge < -0.3 is 9.84 Å². The van der Waals surface area contributed by atoms with Crippen LogP contribution in [0.25, 0.3) is 11.3 Å². The zero-order valence-electron chi connectivity index (χ0n) is 14.6. The first-order valence-corrected chi connectivity index (χ1v) is 8.56. The molecule has 4 nitrogen and oxygen atoms in total. The second kappa shape index (κ2) is 7.79. The Morgan fingerprint density at radius 1 is 1.08 bits per heavy atom. The Hall–Kier alpha value is -2.88. The molecule has 0 unspecified atom stereocenters. The highest BCUT2D eigenvalue weighted by Crippen LogP contribution is 2.26. The molecule has 0 aliphatic heterocycles. The summed E-state index contributed by atoms with van der Waals surface area (Å²) in [6.07, 6.45) is 1.46. The SMILES string of the molecule is CCCC(=O)c1ccc(NCc2c(-c3ccccc3)noc2C)cc1. The van der Waals surface area contributed by atoms with E-state index in [1.54, 1.807) is 0 Å². The number of hydrogen-bond donors (Lipinski definition) is 1. The summed E-state index contributed by atoms with van der Waals surface area (Å²) in [6, 6.07) is 17.6.